The van der Waals surface area contributed by atoms with Gasteiger partial charge in [0.05, 0.1) is 0 Å². The van der Waals surface area contributed by atoms with Gasteiger partial charge in [-0.2, -0.15) is 0 Å². The molecule has 0 aliphatic rings. The molecule has 0 fully saturated rings. The van der Waals surface area contributed by atoms with Crippen molar-refractivity contribution in [3.05, 3.63) is 127 Å². The van der Waals surface area contributed by atoms with Gasteiger partial charge in [0, 0.05) is 67.8 Å². The van der Waals surface area contributed by atoms with Crippen molar-refractivity contribution in [3.8, 4) is 0 Å². The number of nitrogens with two attached hydrogens (primary N) is 6. The van der Waals surface area contributed by atoms with Crippen molar-refractivity contribution in [3.63, 3.8) is 0 Å². The Labute approximate surface area is 260 Å². The van der Waals surface area contributed by atoms with Crippen LogP contribution in [0, 0.1) is 5.82 Å². The molecule has 5 rings (SSSR count). The first-order valence-electron chi connectivity index (χ1n) is 14.1. The van der Waals surface area contributed by atoms with E-state index in [4.69, 9.17) is 34.4 Å². The van der Waals surface area contributed by atoms with Crippen LogP contribution in [-0.2, 0) is 0 Å². The van der Waals surface area contributed by atoms with E-state index in [1.165, 1.54) is 24.3 Å². The molecule has 230 valence electrons. The van der Waals surface area contributed by atoms with Crippen molar-refractivity contribution < 1.29 is 4.39 Å². The maximum absolute atomic E-state index is 12.0. The highest BCUT2D eigenvalue weighted by molar-refractivity contribution is 6.00. The lowest BCUT2D eigenvalue weighted by atomic mass is 10.0. The van der Waals surface area contributed by atoms with Crippen molar-refractivity contribution in [2.24, 2.45) is 0 Å². The molecule has 0 aliphatic heterocycles. The molecule has 1 unspecified atom stereocenters. The van der Waals surface area contributed by atoms with Gasteiger partial charge in [-0.1, -0.05) is 56.5 Å². The Balaban J connectivity index is 0.000000213. The van der Waals surface area contributed by atoms with Crippen LogP contribution >= 0.6 is 0 Å². The number of nitrogen functional groups attached to an aromatic ring is 6. The maximum atomic E-state index is 12.0. The summed E-state index contributed by atoms with van der Waals surface area (Å²) >= 11 is 0. The highest BCUT2D eigenvalue weighted by Gasteiger charge is 2.08. The number of rotatable bonds is 5. The van der Waals surface area contributed by atoms with Crippen LogP contribution in [0.4, 0.5) is 44.2 Å². The molecule has 1 atom stereocenters. The molecule has 0 spiro atoms. The maximum Gasteiger partial charge on any atom is 0.123 e. The number of hydrogen-bond acceptors (Lipinski definition) is 7. The average molecular weight is 594 g/mol. The van der Waals surface area contributed by atoms with E-state index in [9.17, 15) is 4.39 Å². The Morgan fingerprint density at radius 3 is 1.41 bits per heavy atom. The predicted molar refractivity (Wildman–Crippen MR) is 193 cm³/mol. The number of hydrogen-bond donors (Lipinski definition) is 7. The summed E-state index contributed by atoms with van der Waals surface area (Å²) in [5.41, 5.74) is 40.8. The monoisotopic (exact) mass is 593 g/mol. The summed E-state index contributed by atoms with van der Waals surface area (Å²) in [5.74, 6) is -0.251. The third kappa shape index (κ3) is 10.6. The topological polar surface area (TPSA) is 168 Å². The lowest BCUT2D eigenvalue weighted by Gasteiger charge is -2.17. The van der Waals surface area contributed by atoms with E-state index in [1.807, 2.05) is 54.6 Å². The molecular formula is C36H44FN7. The van der Waals surface area contributed by atoms with Gasteiger partial charge in [0.1, 0.15) is 5.82 Å². The van der Waals surface area contributed by atoms with Crippen molar-refractivity contribution in [2.45, 2.75) is 26.3 Å². The summed E-state index contributed by atoms with van der Waals surface area (Å²) in [6, 6.07) is 28.6. The Bertz CT molecular complexity index is 1510. The molecule has 7 nitrogen and oxygen atoms in total. The van der Waals surface area contributed by atoms with Crippen LogP contribution in [0.25, 0.3) is 22.9 Å². The Kier molecular flexibility index (Phi) is 13.6. The summed E-state index contributed by atoms with van der Waals surface area (Å²) in [7, 11) is 0. The zero-order chi connectivity index (χ0) is 32.6. The number of anilines is 7. The average Bonchev–Trinajstić information content (AvgIpc) is 3.03. The second-order valence-electron chi connectivity index (χ2n) is 9.90. The molecule has 0 aliphatic carbocycles. The Hall–Kier alpha value is -5.63. The van der Waals surface area contributed by atoms with E-state index < -0.39 is 0 Å². The van der Waals surface area contributed by atoms with Gasteiger partial charge < -0.3 is 39.7 Å². The lowest BCUT2D eigenvalue weighted by molar-refractivity contribution is 0.628. The SMILES string of the molecule is C=Cc1c(N)ccc(NC(C)CC)c1C=C.Nc1ccc(F)cc1.Nc1ccc(N)c2ccccc12.Nc1ccc(N)cc1. The minimum Gasteiger partial charge on any atom is -0.399 e. The summed E-state index contributed by atoms with van der Waals surface area (Å²) in [5, 5.41) is 5.49. The number of nitrogens with one attached hydrogen (secondary N) is 1. The smallest absolute Gasteiger partial charge is 0.123 e. The van der Waals surface area contributed by atoms with Gasteiger partial charge in [0.2, 0.25) is 0 Å². The van der Waals surface area contributed by atoms with Gasteiger partial charge in [-0.25, -0.2) is 4.39 Å². The van der Waals surface area contributed by atoms with Gasteiger partial charge in [0.25, 0.3) is 0 Å². The molecule has 13 N–H and O–H groups in total. The van der Waals surface area contributed by atoms with Crippen LogP contribution in [0.2, 0.25) is 0 Å². The largest absolute Gasteiger partial charge is 0.399 e. The summed E-state index contributed by atoms with van der Waals surface area (Å²) in [6.45, 7) is 11.9. The normalized spacial score (nSPS) is 10.4. The van der Waals surface area contributed by atoms with Crippen LogP contribution in [0.15, 0.2) is 110 Å². The molecule has 0 amide bonds. The number of halogens is 1. The minimum absolute atomic E-state index is 0.251. The van der Waals surface area contributed by atoms with Crippen molar-refractivity contribution >= 4 is 62.7 Å². The standard InChI is InChI=1S/C14H20N2.C10H10N2.C6H6FN.C6H8N2/c1-5-10(4)16-14-9-8-13(15)11(6-2)12(14)7-3;11-9-5-6-10(12)8-4-2-1-3-7(8)9;7-5-1-3-6(8)4-2-5;7-5-1-2-6(8)4-3-5/h6-10,16H,2-3,5,15H2,1,4H3;1-6H,11-12H2;1-4H,8H2;1-4H,7-8H2. The van der Waals surface area contributed by atoms with E-state index in [2.05, 4.69) is 32.3 Å². The van der Waals surface area contributed by atoms with Crippen molar-refractivity contribution in [1.82, 2.24) is 0 Å². The zero-order valence-electron chi connectivity index (χ0n) is 25.4. The van der Waals surface area contributed by atoms with Gasteiger partial charge in [0.15, 0.2) is 0 Å². The molecule has 5 aromatic carbocycles. The van der Waals surface area contributed by atoms with Crippen LogP contribution in [-0.4, -0.2) is 6.04 Å². The number of fused-ring (bicyclic) bond motifs is 1. The molecule has 0 bridgehead atoms. The molecule has 0 heterocycles. The zero-order valence-corrected chi connectivity index (χ0v) is 25.4. The highest BCUT2D eigenvalue weighted by atomic mass is 19.1. The first kappa shape index (κ1) is 34.6. The van der Waals surface area contributed by atoms with Crippen LogP contribution in [0.3, 0.4) is 0 Å². The highest BCUT2D eigenvalue weighted by Crippen LogP contribution is 2.28. The van der Waals surface area contributed by atoms with Gasteiger partial charge in [-0.05, 0) is 86.1 Å². The van der Waals surface area contributed by atoms with E-state index >= 15 is 0 Å². The van der Waals surface area contributed by atoms with E-state index in [1.54, 1.807) is 30.3 Å². The molecule has 0 saturated carbocycles. The summed E-state index contributed by atoms with van der Waals surface area (Å²) in [4.78, 5) is 0. The summed E-state index contributed by atoms with van der Waals surface area (Å²) in [6.07, 6.45) is 4.66. The molecule has 0 aromatic heterocycles. The fourth-order valence-electron chi connectivity index (χ4n) is 3.90. The second kappa shape index (κ2) is 17.4. The summed E-state index contributed by atoms with van der Waals surface area (Å²) < 4.78 is 12.0. The molecule has 44 heavy (non-hydrogen) atoms. The third-order valence-electron chi connectivity index (χ3n) is 6.54. The van der Waals surface area contributed by atoms with E-state index in [-0.39, 0.29) is 5.82 Å². The molecule has 0 radical (unpaired) electrons. The van der Waals surface area contributed by atoms with Crippen LogP contribution < -0.4 is 39.7 Å². The lowest BCUT2D eigenvalue weighted by Crippen LogP contribution is -2.14. The molecular weight excluding hydrogens is 549 g/mol. The van der Waals surface area contributed by atoms with E-state index in [0.717, 1.165) is 62.4 Å². The fourth-order valence-corrected chi connectivity index (χ4v) is 3.90. The number of benzene rings is 5. The van der Waals surface area contributed by atoms with Crippen molar-refractivity contribution in [2.75, 3.05) is 39.7 Å². The van der Waals surface area contributed by atoms with E-state index in [0.29, 0.717) is 11.7 Å². The Morgan fingerprint density at radius 1 is 0.614 bits per heavy atom. The van der Waals surface area contributed by atoms with Gasteiger partial charge >= 0.3 is 0 Å². The van der Waals surface area contributed by atoms with Crippen molar-refractivity contribution in [1.29, 1.82) is 0 Å². The minimum atomic E-state index is -0.251. The quantitative estimate of drug-likeness (QED) is 0.101. The first-order chi connectivity index (χ1) is 21.0. The first-order valence-corrected chi connectivity index (χ1v) is 14.1. The third-order valence-corrected chi connectivity index (χ3v) is 6.54. The molecule has 0 saturated heterocycles. The van der Waals surface area contributed by atoms with Gasteiger partial charge in [-0.3, -0.25) is 0 Å². The molecule has 8 heteroatoms. The predicted octanol–water partition coefficient (Wildman–Crippen LogP) is 8.03. The fraction of sp³-hybridized carbons (Fsp3) is 0.111. The van der Waals surface area contributed by atoms with Crippen LogP contribution in [0.1, 0.15) is 31.4 Å². The van der Waals surface area contributed by atoms with Crippen LogP contribution in [0.5, 0.6) is 0 Å². The molecule has 5 aromatic rings. The Morgan fingerprint density at radius 2 is 1.02 bits per heavy atom. The van der Waals surface area contributed by atoms with Gasteiger partial charge in [-0.15, -0.1) is 0 Å². The second-order valence-corrected chi connectivity index (χ2v) is 9.90.